The normalized spacial score (nSPS) is 60.4. The number of hydrogen-bond acceptors (Lipinski definition) is 2. The number of methoxy groups -OCH3 is 1. The van der Waals surface area contributed by atoms with E-state index in [2.05, 4.69) is 4.74 Å². The molecule has 13 heavy (non-hydrogen) atoms. The number of rotatable bonds is 1. The van der Waals surface area contributed by atoms with Crippen LogP contribution >= 0.6 is 0 Å². The summed E-state index contributed by atoms with van der Waals surface area (Å²) in [5, 5.41) is 0. The van der Waals surface area contributed by atoms with E-state index in [1.165, 1.54) is 7.11 Å². The van der Waals surface area contributed by atoms with Gasteiger partial charge < -0.3 is 4.74 Å². The van der Waals surface area contributed by atoms with Gasteiger partial charge in [-0.05, 0) is 36.4 Å². The second kappa shape index (κ2) is 2.49. The van der Waals surface area contributed by atoms with Crippen molar-refractivity contribution in [1.29, 1.82) is 0 Å². The van der Waals surface area contributed by atoms with E-state index < -0.39 is 35.5 Å². The smallest absolute Gasteiger partial charge is 0.308 e. The maximum absolute atomic E-state index is 11.7. The van der Waals surface area contributed by atoms with Crippen molar-refractivity contribution < 1.29 is 15.0 Å². The second-order valence-electron chi connectivity index (χ2n) is 4.44. The molecular formula is C11H18O2. The molecule has 0 aromatic rings. The first-order valence-corrected chi connectivity index (χ1v) is 4.61. The fourth-order valence-corrected chi connectivity index (χ4v) is 2.18. The van der Waals surface area contributed by atoms with Crippen LogP contribution in [0, 0.1) is 16.7 Å². The fraction of sp³-hybridized carbons (Fsp3) is 0.909. The molecule has 0 radical (unpaired) electrons. The van der Waals surface area contributed by atoms with Gasteiger partial charge in [0.25, 0.3) is 0 Å². The Balaban J connectivity index is 2.44. The van der Waals surface area contributed by atoms with Gasteiger partial charge >= 0.3 is 5.97 Å². The molecule has 0 N–H and O–H groups in total. The Kier molecular flexibility index (Phi) is 1.03. The van der Waals surface area contributed by atoms with Crippen LogP contribution in [0.5, 0.6) is 0 Å². The first kappa shape index (κ1) is 5.38. The highest BCUT2D eigenvalue weighted by Crippen LogP contribution is 2.71. The molecule has 0 aliphatic heterocycles. The van der Waals surface area contributed by atoms with Crippen LogP contribution < -0.4 is 0 Å². The van der Waals surface area contributed by atoms with Crippen molar-refractivity contribution in [3.63, 3.8) is 0 Å². The minimum Gasteiger partial charge on any atom is -0.469 e. The van der Waals surface area contributed by atoms with E-state index in [0.717, 1.165) is 0 Å². The van der Waals surface area contributed by atoms with Crippen molar-refractivity contribution in [2.24, 2.45) is 16.7 Å². The zero-order valence-corrected chi connectivity index (χ0v) is 8.31. The SMILES string of the molecule is [2H]C1([2H])C[C@H](C(=O)OC)C([2H])([2H])[C@@]2(C)C[C@@]12C. The van der Waals surface area contributed by atoms with E-state index in [4.69, 9.17) is 5.48 Å². The van der Waals surface area contributed by atoms with Crippen LogP contribution in [-0.4, -0.2) is 13.1 Å². The van der Waals surface area contributed by atoms with E-state index in [1.54, 1.807) is 13.8 Å². The maximum Gasteiger partial charge on any atom is 0.308 e. The number of ether oxygens (including phenoxy) is 1. The summed E-state index contributed by atoms with van der Waals surface area (Å²) in [6.07, 6.45) is -2.85. The van der Waals surface area contributed by atoms with Gasteiger partial charge in [0.1, 0.15) is 0 Å². The predicted molar refractivity (Wildman–Crippen MR) is 50.2 cm³/mol. The highest BCUT2D eigenvalue weighted by molar-refractivity contribution is 5.72. The first-order chi connectivity index (χ1) is 7.53. The second-order valence-corrected chi connectivity index (χ2v) is 4.44. The molecule has 2 fully saturated rings. The highest BCUT2D eigenvalue weighted by Gasteiger charge is 2.63. The van der Waals surface area contributed by atoms with Gasteiger partial charge in [-0.2, -0.15) is 0 Å². The molecular weight excluding hydrogens is 164 g/mol. The fourth-order valence-electron chi connectivity index (χ4n) is 2.18. The molecule has 0 heterocycles. The lowest BCUT2D eigenvalue weighted by Crippen LogP contribution is -2.27. The number of esters is 1. The average molecular weight is 186 g/mol. The number of carbonyl (C=O) groups is 1. The lowest BCUT2D eigenvalue weighted by molar-refractivity contribution is -0.147. The van der Waals surface area contributed by atoms with E-state index in [0.29, 0.717) is 6.42 Å². The van der Waals surface area contributed by atoms with Gasteiger partial charge in [0, 0.05) is 5.48 Å². The molecule has 0 aromatic heterocycles. The van der Waals surface area contributed by atoms with Crippen molar-refractivity contribution in [2.75, 3.05) is 7.11 Å². The Morgan fingerprint density at radius 3 is 2.85 bits per heavy atom. The van der Waals surface area contributed by atoms with Crippen LogP contribution in [0.4, 0.5) is 0 Å². The molecule has 2 heteroatoms. The Morgan fingerprint density at radius 2 is 2.23 bits per heavy atom. The van der Waals surface area contributed by atoms with Crippen LogP contribution in [0.3, 0.4) is 0 Å². The highest BCUT2D eigenvalue weighted by atomic mass is 16.5. The molecule has 0 bridgehead atoms. The van der Waals surface area contributed by atoms with Crippen molar-refractivity contribution >= 4 is 5.97 Å². The largest absolute Gasteiger partial charge is 0.469 e. The lowest BCUT2D eigenvalue weighted by atomic mass is 9.76. The van der Waals surface area contributed by atoms with Crippen LogP contribution in [0.2, 0.25) is 0 Å². The van der Waals surface area contributed by atoms with Crippen molar-refractivity contribution in [3.8, 4) is 0 Å². The number of fused-ring (bicyclic) bond motifs is 1. The van der Waals surface area contributed by atoms with Crippen molar-refractivity contribution in [1.82, 2.24) is 0 Å². The van der Waals surface area contributed by atoms with Gasteiger partial charge in [-0.25, -0.2) is 0 Å². The van der Waals surface area contributed by atoms with Crippen LogP contribution in [0.1, 0.15) is 44.9 Å². The molecule has 0 spiro atoms. The minimum absolute atomic E-state index is 0.0984. The van der Waals surface area contributed by atoms with Gasteiger partial charge in [0.2, 0.25) is 0 Å². The van der Waals surface area contributed by atoms with Gasteiger partial charge in [-0.3, -0.25) is 4.79 Å². The molecule has 2 nitrogen and oxygen atoms in total. The van der Waals surface area contributed by atoms with Gasteiger partial charge in [-0.15, -0.1) is 0 Å². The third-order valence-corrected chi connectivity index (χ3v) is 3.47. The number of carbonyl (C=O) groups excluding carboxylic acids is 1. The Hall–Kier alpha value is -0.530. The molecule has 0 saturated heterocycles. The molecule has 2 rings (SSSR count). The van der Waals surface area contributed by atoms with E-state index in [-0.39, 0.29) is 6.42 Å². The molecule has 0 amide bonds. The average Bonchev–Trinajstić information content (AvgIpc) is 2.80. The summed E-state index contributed by atoms with van der Waals surface area (Å²) in [6, 6.07) is 0. The molecule has 0 unspecified atom stereocenters. The van der Waals surface area contributed by atoms with Gasteiger partial charge in [-0.1, -0.05) is 13.8 Å². The summed E-state index contributed by atoms with van der Waals surface area (Å²) in [5.74, 6) is -1.66. The Labute approximate surface area is 85.3 Å². The Bertz CT molecular complexity index is 382. The maximum atomic E-state index is 11.7. The summed E-state index contributed by atoms with van der Waals surface area (Å²) < 4.78 is 37.1. The zero-order valence-electron chi connectivity index (χ0n) is 12.3. The third-order valence-electron chi connectivity index (χ3n) is 3.47. The molecule has 2 saturated carbocycles. The van der Waals surface area contributed by atoms with Crippen LogP contribution in [0.25, 0.3) is 0 Å². The lowest BCUT2D eigenvalue weighted by Gasteiger charge is -2.29. The zero-order chi connectivity index (χ0) is 13.3. The third kappa shape index (κ3) is 1.18. The summed E-state index contributed by atoms with van der Waals surface area (Å²) in [6.45, 7) is 3.51. The quantitative estimate of drug-likeness (QED) is 0.588. The predicted octanol–water partition coefficient (Wildman–Crippen LogP) is 2.38. The molecule has 74 valence electrons. The molecule has 2 aliphatic carbocycles. The summed E-state index contributed by atoms with van der Waals surface area (Å²) in [5.41, 5.74) is -1.45. The van der Waals surface area contributed by atoms with Crippen molar-refractivity contribution in [2.45, 2.75) is 39.4 Å². The van der Waals surface area contributed by atoms with E-state index in [9.17, 15) is 4.79 Å². The van der Waals surface area contributed by atoms with E-state index >= 15 is 0 Å². The topological polar surface area (TPSA) is 26.3 Å². The monoisotopic (exact) mass is 186 g/mol. The van der Waals surface area contributed by atoms with Crippen LogP contribution in [0.15, 0.2) is 0 Å². The summed E-state index contributed by atoms with van der Waals surface area (Å²) in [7, 11) is 1.22. The van der Waals surface area contributed by atoms with Crippen LogP contribution in [-0.2, 0) is 9.53 Å². The summed E-state index contributed by atoms with van der Waals surface area (Å²) in [4.78, 5) is 11.7. The van der Waals surface area contributed by atoms with Gasteiger partial charge in [0.05, 0.1) is 13.0 Å². The molecule has 3 atom stereocenters. The Morgan fingerprint density at radius 1 is 1.54 bits per heavy atom. The standard InChI is InChI=1S/C11H18O2/c1-10-5-4-8(9(12)13-3)6-11(10,2)7-10/h8H,4-7H2,1-3H3/t8-,10+,11-/m0/s1/i5D2,6D2. The van der Waals surface area contributed by atoms with Gasteiger partial charge in [0.15, 0.2) is 0 Å². The van der Waals surface area contributed by atoms with Crippen molar-refractivity contribution in [3.05, 3.63) is 0 Å². The number of hydrogen-bond donors (Lipinski definition) is 0. The molecule has 0 aromatic carbocycles. The first-order valence-electron chi connectivity index (χ1n) is 6.61. The minimum atomic E-state index is -1.71. The molecule has 2 aliphatic rings. The summed E-state index contributed by atoms with van der Waals surface area (Å²) >= 11 is 0. The van der Waals surface area contributed by atoms with E-state index in [1.807, 2.05) is 0 Å².